The van der Waals surface area contributed by atoms with Crippen LogP contribution in [0.3, 0.4) is 0 Å². The van der Waals surface area contributed by atoms with Gasteiger partial charge in [0.05, 0.1) is 6.10 Å². The van der Waals surface area contributed by atoms with E-state index >= 15 is 0 Å². The van der Waals surface area contributed by atoms with E-state index in [9.17, 15) is 4.79 Å². The van der Waals surface area contributed by atoms with Crippen LogP contribution in [0.5, 0.6) is 11.6 Å². The number of rotatable bonds is 6. The van der Waals surface area contributed by atoms with Crippen molar-refractivity contribution in [3.63, 3.8) is 0 Å². The van der Waals surface area contributed by atoms with Gasteiger partial charge >= 0.3 is 0 Å². The van der Waals surface area contributed by atoms with Gasteiger partial charge in [-0.25, -0.2) is 0 Å². The van der Waals surface area contributed by atoms with Gasteiger partial charge in [0.2, 0.25) is 11.8 Å². The summed E-state index contributed by atoms with van der Waals surface area (Å²) in [5, 5.41) is 7.26. The molecular formula is C15H17N5O3. The van der Waals surface area contributed by atoms with Crippen LogP contribution in [0.15, 0.2) is 35.6 Å². The number of carbonyl (C=O) groups is 1. The molecule has 0 fully saturated rings. The largest absolute Gasteiger partial charge is 0.491 e. The van der Waals surface area contributed by atoms with Crippen molar-refractivity contribution < 1.29 is 14.3 Å². The van der Waals surface area contributed by atoms with Crippen LogP contribution in [0.1, 0.15) is 29.8 Å². The summed E-state index contributed by atoms with van der Waals surface area (Å²) in [7, 11) is 1.78. The number of aryl methyl sites for hydroxylation is 1. The first-order valence-corrected chi connectivity index (χ1v) is 7.01. The maximum atomic E-state index is 12.0. The predicted molar refractivity (Wildman–Crippen MR) is 83.2 cm³/mol. The summed E-state index contributed by atoms with van der Waals surface area (Å²) in [6.45, 7) is 3.83. The van der Waals surface area contributed by atoms with Crippen molar-refractivity contribution in [3.05, 3.63) is 52.0 Å². The lowest BCUT2D eigenvalue weighted by molar-refractivity contribution is 0.0996. The maximum Gasteiger partial charge on any atom is 0.249 e. The number of carbonyl (C=O) groups excluding carboxylic acids is 1. The number of benzene rings is 1. The number of amides is 1. The molecule has 0 aliphatic heterocycles. The van der Waals surface area contributed by atoms with E-state index < -0.39 is 5.91 Å². The Bertz CT molecular complexity index is 747. The van der Waals surface area contributed by atoms with E-state index in [0.717, 1.165) is 0 Å². The molecule has 0 aliphatic rings. The van der Waals surface area contributed by atoms with Crippen LogP contribution in [0, 0.1) is 0 Å². The molecule has 0 bridgehead atoms. The zero-order chi connectivity index (χ0) is 16.8. The first-order valence-electron chi connectivity index (χ1n) is 7.01. The Balaban J connectivity index is 2.34. The van der Waals surface area contributed by atoms with E-state index in [2.05, 4.69) is 15.1 Å². The Kier molecular flexibility index (Phi) is 5.22. The van der Waals surface area contributed by atoms with Crippen LogP contribution in [0.2, 0.25) is 0 Å². The van der Waals surface area contributed by atoms with Gasteiger partial charge < -0.3 is 9.47 Å². The molecule has 1 amide bonds. The molecule has 2 rings (SSSR count). The van der Waals surface area contributed by atoms with Gasteiger partial charge in [-0.2, -0.15) is 0 Å². The van der Waals surface area contributed by atoms with E-state index in [0.29, 0.717) is 17.2 Å². The van der Waals surface area contributed by atoms with Crippen molar-refractivity contribution in [2.24, 2.45) is 12.2 Å². The van der Waals surface area contributed by atoms with Gasteiger partial charge in [0.15, 0.2) is 0 Å². The summed E-state index contributed by atoms with van der Waals surface area (Å²) in [4.78, 5) is 14.5. The molecule has 8 heteroatoms. The molecule has 1 aromatic carbocycles. The van der Waals surface area contributed by atoms with Crippen molar-refractivity contribution >= 4 is 5.91 Å². The quantitative estimate of drug-likeness (QED) is 0.464. The zero-order valence-electron chi connectivity index (χ0n) is 13.1. The second-order valence-corrected chi connectivity index (χ2v) is 5.06. The monoisotopic (exact) mass is 315 g/mol. The molecule has 23 heavy (non-hydrogen) atoms. The topological polar surface area (TPSA) is 102 Å². The second-order valence-electron chi connectivity index (χ2n) is 5.06. The standard InChI is InChI=1S/C15H17N5O3/c1-10(2)23-13-6-4-5-11(15(21)17-19-16)12(13)9-22-14-7-8-20(3)18-14/h4-8,10H,9H2,1-3H3. The molecule has 0 unspecified atom stereocenters. The SMILES string of the molecule is CC(C)Oc1cccc(C(=O)N=[N+]=[N-])c1COc1ccn(C)n1. The van der Waals surface area contributed by atoms with E-state index in [1.165, 1.54) is 0 Å². The fraction of sp³-hybridized carbons (Fsp3) is 0.333. The lowest BCUT2D eigenvalue weighted by Gasteiger charge is -2.16. The summed E-state index contributed by atoms with van der Waals surface area (Å²) in [5.74, 6) is 0.255. The third-order valence-electron chi connectivity index (χ3n) is 2.92. The van der Waals surface area contributed by atoms with Crippen LogP contribution in [-0.2, 0) is 13.7 Å². The first-order chi connectivity index (χ1) is 11.0. The molecular weight excluding hydrogens is 298 g/mol. The van der Waals surface area contributed by atoms with Crippen LogP contribution in [0.25, 0.3) is 10.4 Å². The van der Waals surface area contributed by atoms with Crippen LogP contribution >= 0.6 is 0 Å². The number of nitrogens with zero attached hydrogens (tertiary/aromatic N) is 5. The third-order valence-corrected chi connectivity index (χ3v) is 2.92. The van der Waals surface area contributed by atoms with Gasteiger partial charge in [0.1, 0.15) is 12.4 Å². The fourth-order valence-electron chi connectivity index (χ4n) is 1.99. The molecule has 0 saturated carbocycles. The number of aromatic nitrogens is 2. The minimum absolute atomic E-state index is 0.0714. The minimum atomic E-state index is -0.679. The first kappa shape index (κ1) is 16.4. The normalized spacial score (nSPS) is 10.3. The molecule has 0 atom stereocenters. The second kappa shape index (κ2) is 7.33. The summed E-state index contributed by atoms with van der Waals surface area (Å²) < 4.78 is 12.9. The molecule has 0 aliphatic carbocycles. The van der Waals surface area contributed by atoms with Crippen molar-refractivity contribution in [1.82, 2.24) is 9.78 Å². The maximum absolute atomic E-state index is 12.0. The summed E-state index contributed by atoms with van der Waals surface area (Å²) in [6, 6.07) is 6.69. The molecule has 0 saturated heterocycles. The average molecular weight is 315 g/mol. The van der Waals surface area contributed by atoms with Gasteiger partial charge in [-0.05, 0) is 30.6 Å². The van der Waals surface area contributed by atoms with Gasteiger partial charge in [0.25, 0.3) is 0 Å². The molecule has 120 valence electrons. The lowest BCUT2D eigenvalue weighted by atomic mass is 10.1. The molecule has 2 aromatic rings. The number of azide groups is 1. The van der Waals surface area contributed by atoms with Crippen molar-refractivity contribution in [2.45, 2.75) is 26.6 Å². The highest BCUT2D eigenvalue weighted by molar-refractivity contribution is 5.96. The van der Waals surface area contributed by atoms with Gasteiger partial charge in [-0.3, -0.25) is 9.48 Å². The van der Waals surface area contributed by atoms with Crippen molar-refractivity contribution in [1.29, 1.82) is 0 Å². The highest BCUT2D eigenvalue weighted by Gasteiger charge is 2.17. The molecule has 1 heterocycles. The smallest absolute Gasteiger partial charge is 0.249 e. The van der Waals surface area contributed by atoms with Gasteiger partial charge in [-0.1, -0.05) is 12.1 Å². The highest BCUT2D eigenvalue weighted by Crippen LogP contribution is 2.26. The van der Waals surface area contributed by atoms with Crippen LogP contribution in [-0.4, -0.2) is 21.8 Å². The Morgan fingerprint density at radius 1 is 1.43 bits per heavy atom. The molecule has 0 radical (unpaired) electrons. The number of hydrogen-bond acceptors (Lipinski definition) is 4. The van der Waals surface area contributed by atoms with E-state index in [-0.39, 0.29) is 18.3 Å². The van der Waals surface area contributed by atoms with E-state index in [4.69, 9.17) is 15.0 Å². The van der Waals surface area contributed by atoms with Crippen LogP contribution < -0.4 is 9.47 Å². The summed E-state index contributed by atoms with van der Waals surface area (Å²) in [6.07, 6.45) is 1.67. The van der Waals surface area contributed by atoms with Gasteiger partial charge in [0, 0.05) is 35.3 Å². The Hall–Kier alpha value is -2.99. The third kappa shape index (κ3) is 4.24. The molecule has 8 nitrogen and oxygen atoms in total. The lowest BCUT2D eigenvalue weighted by Crippen LogP contribution is -2.12. The molecule has 1 aromatic heterocycles. The van der Waals surface area contributed by atoms with Crippen LogP contribution in [0.4, 0.5) is 0 Å². The van der Waals surface area contributed by atoms with E-state index in [1.807, 2.05) is 13.8 Å². The van der Waals surface area contributed by atoms with Crippen molar-refractivity contribution in [2.75, 3.05) is 0 Å². The van der Waals surface area contributed by atoms with Gasteiger partial charge in [-0.15, -0.1) is 5.10 Å². The zero-order valence-corrected chi connectivity index (χ0v) is 13.1. The fourth-order valence-corrected chi connectivity index (χ4v) is 1.99. The summed E-state index contributed by atoms with van der Waals surface area (Å²) >= 11 is 0. The summed E-state index contributed by atoms with van der Waals surface area (Å²) in [5.41, 5.74) is 9.24. The molecule has 0 spiro atoms. The highest BCUT2D eigenvalue weighted by atomic mass is 16.5. The average Bonchev–Trinajstić information content (AvgIpc) is 2.91. The Morgan fingerprint density at radius 2 is 2.22 bits per heavy atom. The van der Waals surface area contributed by atoms with E-state index in [1.54, 1.807) is 42.2 Å². The minimum Gasteiger partial charge on any atom is -0.491 e. The Morgan fingerprint density at radius 3 is 2.83 bits per heavy atom. The predicted octanol–water partition coefficient (Wildman–Crippen LogP) is 3.24. The Labute approximate surface area is 133 Å². The number of hydrogen-bond donors (Lipinski definition) is 0. The number of ether oxygens (including phenoxy) is 2. The molecule has 0 N–H and O–H groups in total. The van der Waals surface area contributed by atoms with Crippen molar-refractivity contribution in [3.8, 4) is 11.6 Å².